The molecule has 0 radical (unpaired) electrons. The molecule has 3 atom stereocenters. The van der Waals surface area contributed by atoms with Crippen molar-refractivity contribution in [1.82, 2.24) is 10.2 Å². The van der Waals surface area contributed by atoms with Crippen LogP contribution < -0.4 is 11.1 Å². The maximum atomic E-state index is 13.5. The van der Waals surface area contributed by atoms with E-state index in [4.69, 9.17) is 10.5 Å². The van der Waals surface area contributed by atoms with E-state index in [0.29, 0.717) is 5.56 Å². The highest BCUT2D eigenvalue weighted by atomic mass is 16.5. The van der Waals surface area contributed by atoms with Gasteiger partial charge in [-0.05, 0) is 53.3 Å². The topological polar surface area (TPSA) is 119 Å². The van der Waals surface area contributed by atoms with Crippen LogP contribution in [0.15, 0.2) is 36.4 Å². The second kappa shape index (κ2) is 10.8. The van der Waals surface area contributed by atoms with Crippen molar-refractivity contribution in [2.45, 2.75) is 45.7 Å². The second-order valence-corrected chi connectivity index (χ2v) is 9.19. The van der Waals surface area contributed by atoms with E-state index in [2.05, 4.69) is 5.32 Å². The molecule has 2 aromatic carbocycles. The monoisotopic (exact) mass is 479 g/mol. The SMILES string of the molecule is COC(=O)[C@@H]1Cc2ccc(C)c(c2)-c2cc(ccc2C)[C@H](N(C)C(=O)CN)C(=O)C[C@@H](C)C(=O)N1. The minimum absolute atomic E-state index is 0.111. The quantitative estimate of drug-likeness (QED) is 0.652. The number of ether oxygens (including phenoxy) is 1. The number of methoxy groups -OCH3 is 1. The highest BCUT2D eigenvalue weighted by molar-refractivity contribution is 5.94. The van der Waals surface area contributed by atoms with Gasteiger partial charge in [-0.15, -0.1) is 0 Å². The Hall–Kier alpha value is -3.52. The van der Waals surface area contributed by atoms with Crippen LogP contribution in [0.3, 0.4) is 0 Å². The lowest BCUT2D eigenvalue weighted by Gasteiger charge is -2.29. The number of carbonyl (C=O) groups is 4. The highest BCUT2D eigenvalue weighted by Gasteiger charge is 2.32. The van der Waals surface area contributed by atoms with Crippen molar-refractivity contribution in [3.05, 3.63) is 58.7 Å². The predicted octanol–water partition coefficient (Wildman–Crippen LogP) is 2.24. The smallest absolute Gasteiger partial charge is 0.328 e. The van der Waals surface area contributed by atoms with Crippen LogP contribution in [0.4, 0.5) is 0 Å². The molecule has 8 nitrogen and oxygen atoms in total. The fraction of sp³-hybridized carbons (Fsp3) is 0.407. The summed E-state index contributed by atoms with van der Waals surface area (Å²) < 4.78 is 4.92. The zero-order valence-electron chi connectivity index (χ0n) is 20.9. The molecule has 3 rings (SSSR count). The lowest BCUT2D eigenvalue weighted by atomic mass is 9.87. The van der Waals surface area contributed by atoms with Gasteiger partial charge in [-0.25, -0.2) is 4.79 Å². The normalized spacial score (nSPS) is 20.5. The number of nitrogens with zero attached hydrogens (tertiary/aromatic N) is 1. The van der Waals surface area contributed by atoms with Crippen LogP contribution >= 0.6 is 0 Å². The number of Topliss-reactive ketones (excluding diaryl/α,β-unsaturated/α-hetero) is 1. The maximum Gasteiger partial charge on any atom is 0.328 e. The Kier molecular flexibility index (Phi) is 8.07. The number of amides is 2. The average molecular weight is 480 g/mol. The van der Waals surface area contributed by atoms with Gasteiger partial charge in [0.15, 0.2) is 5.78 Å². The number of nitrogens with one attached hydrogen (secondary N) is 1. The fourth-order valence-electron chi connectivity index (χ4n) is 4.49. The molecule has 1 heterocycles. The van der Waals surface area contributed by atoms with Gasteiger partial charge in [0.2, 0.25) is 11.8 Å². The summed E-state index contributed by atoms with van der Waals surface area (Å²) in [7, 11) is 2.82. The van der Waals surface area contributed by atoms with E-state index < -0.39 is 29.9 Å². The van der Waals surface area contributed by atoms with E-state index in [9.17, 15) is 19.2 Å². The summed E-state index contributed by atoms with van der Waals surface area (Å²) in [5.41, 5.74) is 11.0. The lowest BCUT2D eigenvalue weighted by Crippen LogP contribution is -2.46. The number of nitrogens with two attached hydrogens (primary N) is 1. The molecule has 0 aliphatic carbocycles. The minimum atomic E-state index is -0.900. The van der Waals surface area contributed by atoms with Crippen molar-refractivity contribution < 1.29 is 23.9 Å². The molecule has 2 amide bonds. The summed E-state index contributed by atoms with van der Waals surface area (Å²) in [6.45, 7) is 5.36. The maximum absolute atomic E-state index is 13.5. The Morgan fingerprint density at radius 3 is 2.31 bits per heavy atom. The zero-order valence-corrected chi connectivity index (χ0v) is 20.9. The molecule has 1 aliphatic heterocycles. The predicted molar refractivity (Wildman–Crippen MR) is 132 cm³/mol. The number of likely N-dealkylation sites (N-methyl/N-ethyl adjacent to an activating group) is 1. The van der Waals surface area contributed by atoms with Crippen LogP contribution in [0.1, 0.15) is 41.6 Å². The standard InChI is InChI=1S/C27H33N3O5/c1-15-6-8-18-11-20(15)21-13-19(9-7-16(21)2)25(30(4)24(32)14-28)23(31)10-17(3)26(33)29-22(12-18)27(34)35-5/h6-9,11,13,17,22,25H,10,12,14,28H2,1-5H3,(H,29,33)/t17-,22+,25+/m1/s1. The van der Waals surface area contributed by atoms with Gasteiger partial charge in [0.25, 0.3) is 0 Å². The molecule has 8 heteroatoms. The van der Waals surface area contributed by atoms with Crippen LogP contribution in [0, 0.1) is 19.8 Å². The summed E-state index contributed by atoms with van der Waals surface area (Å²) in [6.07, 6.45) is 0.140. The number of hydrogen-bond donors (Lipinski definition) is 2. The van der Waals surface area contributed by atoms with Crippen molar-refractivity contribution in [3.8, 4) is 11.1 Å². The summed E-state index contributed by atoms with van der Waals surface area (Å²) in [4.78, 5) is 52.8. The number of rotatable bonds is 3. The molecule has 0 aromatic heterocycles. The largest absolute Gasteiger partial charge is 0.467 e. The van der Waals surface area contributed by atoms with Gasteiger partial charge in [0, 0.05) is 25.8 Å². The summed E-state index contributed by atoms with van der Waals surface area (Å²) in [5, 5.41) is 2.75. The van der Waals surface area contributed by atoms with E-state index in [1.165, 1.54) is 12.0 Å². The van der Waals surface area contributed by atoms with Crippen LogP contribution in [-0.4, -0.2) is 55.2 Å². The first-order valence-electron chi connectivity index (χ1n) is 11.6. The van der Waals surface area contributed by atoms with E-state index in [-0.39, 0.29) is 31.1 Å². The van der Waals surface area contributed by atoms with Crippen LogP contribution in [0.2, 0.25) is 0 Å². The Bertz CT molecular complexity index is 1160. The van der Waals surface area contributed by atoms with Gasteiger partial charge in [0.05, 0.1) is 13.7 Å². The Balaban J connectivity index is 2.23. The van der Waals surface area contributed by atoms with E-state index >= 15 is 0 Å². The van der Waals surface area contributed by atoms with Gasteiger partial charge >= 0.3 is 5.97 Å². The number of carbonyl (C=O) groups excluding carboxylic acids is 4. The summed E-state index contributed by atoms with van der Waals surface area (Å²) >= 11 is 0. The van der Waals surface area contributed by atoms with Crippen molar-refractivity contribution >= 4 is 23.6 Å². The Labute approximate surface area is 205 Å². The molecule has 1 aliphatic rings. The van der Waals surface area contributed by atoms with Crippen LogP contribution in [0.5, 0.6) is 0 Å². The van der Waals surface area contributed by atoms with E-state index in [1.807, 2.05) is 50.2 Å². The first-order chi connectivity index (χ1) is 16.6. The average Bonchev–Trinajstić information content (AvgIpc) is 2.84. The molecule has 0 saturated carbocycles. The number of aryl methyl sites for hydroxylation is 2. The molecule has 4 bridgehead atoms. The third-order valence-corrected chi connectivity index (χ3v) is 6.63. The van der Waals surface area contributed by atoms with Gasteiger partial charge in [-0.2, -0.15) is 0 Å². The Morgan fingerprint density at radius 1 is 1.06 bits per heavy atom. The molecular formula is C27H33N3O5. The summed E-state index contributed by atoms with van der Waals surface area (Å²) in [5.74, 6) is -2.39. The molecule has 2 aromatic rings. The number of esters is 1. The number of hydrogen-bond acceptors (Lipinski definition) is 6. The van der Waals surface area contributed by atoms with Gasteiger partial charge < -0.3 is 20.7 Å². The van der Waals surface area contributed by atoms with Crippen molar-refractivity contribution in [2.75, 3.05) is 20.7 Å². The lowest BCUT2D eigenvalue weighted by molar-refractivity contribution is -0.145. The first-order valence-corrected chi connectivity index (χ1v) is 11.6. The molecule has 0 fully saturated rings. The zero-order chi connectivity index (χ0) is 25.9. The van der Waals surface area contributed by atoms with Crippen LogP contribution in [-0.2, 0) is 30.3 Å². The van der Waals surface area contributed by atoms with Crippen molar-refractivity contribution in [2.24, 2.45) is 11.7 Å². The van der Waals surface area contributed by atoms with Crippen LogP contribution in [0.25, 0.3) is 11.1 Å². The first kappa shape index (κ1) is 26.1. The van der Waals surface area contributed by atoms with Crippen molar-refractivity contribution in [3.63, 3.8) is 0 Å². The fourth-order valence-corrected chi connectivity index (χ4v) is 4.49. The Morgan fingerprint density at radius 2 is 1.69 bits per heavy atom. The highest BCUT2D eigenvalue weighted by Crippen LogP contribution is 2.33. The van der Waals surface area contributed by atoms with E-state index in [0.717, 1.165) is 27.8 Å². The number of fused-ring (bicyclic) bond motifs is 5. The van der Waals surface area contributed by atoms with Gasteiger partial charge in [0.1, 0.15) is 12.1 Å². The number of benzene rings is 2. The second-order valence-electron chi connectivity index (χ2n) is 9.19. The van der Waals surface area contributed by atoms with Gasteiger partial charge in [-0.1, -0.05) is 37.3 Å². The van der Waals surface area contributed by atoms with Crippen molar-refractivity contribution in [1.29, 1.82) is 0 Å². The molecule has 0 unspecified atom stereocenters. The minimum Gasteiger partial charge on any atom is -0.467 e. The molecule has 3 N–H and O–H groups in total. The van der Waals surface area contributed by atoms with Gasteiger partial charge in [-0.3, -0.25) is 14.4 Å². The molecule has 35 heavy (non-hydrogen) atoms. The molecular weight excluding hydrogens is 446 g/mol. The third kappa shape index (κ3) is 5.59. The molecule has 0 spiro atoms. The molecule has 0 saturated heterocycles. The summed E-state index contributed by atoms with van der Waals surface area (Å²) in [6, 6.07) is 9.78. The third-order valence-electron chi connectivity index (χ3n) is 6.63. The van der Waals surface area contributed by atoms with E-state index in [1.54, 1.807) is 14.0 Å². The molecule has 186 valence electrons. The number of ketones is 1.